The van der Waals surface area contributed by atoms with E-state index < -0.39 is 0 Å². The minimum Gasteiger partial charge on any atom is -0.441 e. The Labute approximate surface area is 148 Å². The van der Waals surface area contributed by atoms with Gasteiger partial charge in [0.15, 0.2) is 0 Å². The van der Waals surface area contributed by atoms with Crippen molar-refractivity contribution in [3.8, 4) is 11.6 Å². The predicted octanol–water partition coefficient (Wildman–Crippen LogP) is 3.56. The number of benzene rings is 2. The Hall–Kier alpha value is -2.01. The van der Waals surface area contributed by atoms with Crippen LogP contribution in [0.3, 0.4) is 0 Å². The third-order valence-electron chi connectivity index (χ3n) is 4.06. The van der Waals surface area contributed by atoms with E-state index in [1.807, 2.05) is 54.9 Å². The first-order chi connectivity index (χ1) is 11.1. The van der Waals surface area contributed by atoms with E-state index in [0.717, 1.165) is 33.7 Å². The molecule has 1 atom stereocenters. The molecular formula is C19H23ClN2O2. The normalized spacial score (nSPS) is 12.0. The highest BCUT2D eigenvalue weighted by molar-refractivity contribution is 5.87. The van der Waals surface area contributed by atoms with Crippen LogP contribution in [0.5, 0.6) is 11.6 Å². The van der Waals surface area contributed by atoms with Gasteiger partial charge in [-0.3, -0.25) is 0 Å². The predicted molar refractivity (Wildman–Crippen MR) is 100 cm³/mol. The molecule has 5 heteroatoms. The summed E-state index contributed by atoms with van der Waals surface area (Å²) in [6.07, 6.45) is 0.568. The molecule has 1 unspecified atom stereocenters. The summed E-state index contributed by atoms with van der Waals surface area (Å²) in [6.45, 7) is 1.99. The summed E-state index contributed by atoms with van der Waals surface area (Å²) < 4.78 is 8.22. The molecule has 0 amide bonds. The van der Waals surface area contributed by atoms with E-state index >= 15 is 0 Å². The van der Waals surface area contributed by atoms with Gasteiger partial charge in [0.25, 0.3) is 0 Å². The van der Waals surface area contributed by atoms with Crippen LogP contribution < -0.4 is 10.5 Å². The van der Waals surface area contributed by atoms with E-state index in [-0.39, 0.29) is 25.1 Å². The molecule has 0 saturated heterocycles. The number of para-hydroxylation sites is 1. The van der Waals surface area contributed by atoms with Crippen LogP contribution >= 0.6 is 12.4 Å². The van der Waals surface area contributed by atoms with E-state index in [0.29, 0.717) is 6.42 Å². The fourth-order valence-corrected chi connectivity index (χ4v) is 2.89. The highest BCUT2D eigenvalue weighted by Gasteiger charge is 2.19. The van der Waals surface area contributed by atoms with Gasteiger partial charge in [0.05, 0.1) is 12.1 Å². The van der Waals surface area contributed by atoms with Crippen molar-refractivity contribution in [3.05, 3.63) is 59.7 Å². The molecule has 128 valence electrons. The van der Waals surface area contributed by atoms with Crippen LogP contribution in [0.2, 0.25) is 0 Å². The molecule has 3 N–H and O–H groups in total. The second-order valence-corrected chi connectivity index (χ2v) is 5.93. The summed E-state index contributed by atoms with van der Waals surface area (Å²) in [5, 5.41) is 10.4. The van der Waals surface area contributed by atoms with Crippen molar-refractivity contribution in [1.82, 2.24) is 4.57 Å². The van der Waals surface area contributed by atoms with Crippen LogP contribution in [0, 0.1) is 6.92 Å². The van der Waals surface area contributed by atoms with Crippen LogP contribution in [-0.2, 0) is 13.5 Å². The Bertz CT molecular complexity index is 829. The Morgan fingerprint density at radius 2 is 1.92 bits per heavy atom. The van der Waals surface area contributed by atoms with Crippen molar-refractivity contribution in [1.29, 1.82) is 0 Å². The van der Waals surface area contributed by atoms with Gasteiger partial charge in [0, 0.05) is 24.0 Å². The van der Waals surface area contributed by atoms with Gasteiger partial charge in [-0.05, 0) is 37.1 Å². The topological polar surface area (TPSA) is 60.4 Å². The van der Waals surface area contributed by atoms with Gasteiger partial charge < -0.3 is 20.1 Å². The van der Waals surface area contributed by atoms with Crippen LogP contribution in [0.1, 0.15) is 11.1 Å². The fraction of sp³-hybridized carbons (Fsp3) is 0.263. The van der Waals surface area contributed by atoms with Gasteiger partial charge in [0.2, 0.25) is 5.88 Å². The summed E-state index contributed by atoms with van der Waals surface area (Å²) in [6, 6.07) is 15.8. The molecule has 0 aliphatic carbocycles. The zero-order valence-corrected chi connectivity index (χ0v) is 14.7. The lowest BCUT2D eigenvalue weighted by Gasteiger charge is -2.13. The number of hydrogen-bond acceptors (Lipinski definition) is 3. The summed E-state index contributed by atoms with van der Waals surface area (Å²) >= 11 is 0. The molecular weight excluding hydrogens is 324 g/mol. The number of hydrogen-bond donors (Lipinski definition) is 2. The molecule has 3 rings (SSSR count). The lowest BCUT2D eigenvalue weighted by Crippen LogP contribution is -2.26. The van der Waals surface area contributed by atoms with Crippen molar-refractivity contribution in [2.45, 2.75) is 19.4 Å². The molecule has 4 nitrogen and oxygen atoms in total. The summed E-state index contributed by atoms with van der Waals surface area (Å²) in [4.78, 5) is 0. The number of rotatable bonds is 5. The summed E-state index contributed by atoms with van der Waals surface area (Å²) in [5.74, 6) is 1.58. The number of fused-ring (bicyclic) bond motifs is 1. The monoisotopic (exact) mass is 346 g/mol. The van der Waals surface area contributed by atoms with E-state index in [9.17, 15) is 5.11 Å². The molecule has 24 heavy (non-hydrogen) atoms. The molecule has 0 aliphatic rings. The fourth-order valence-electron chi connectivity index (χ4n) is 2.89. The Morgan fingerprint density at radius 3 is 2.62 bits per heavy atom. The number of aliphatic hydroxyl groups is 1. The zero-order chi connectivity index (χ0) is 16.4. The average Bonchev–Trinajstić information content (AvgIpc) is 2.81. The zero-order valence-electron chi connectivity index (χ0n) is 13.9. The first-order valence-electron chi connectivity index (χ1n) is 7.77. The number of aryl methyl sites for hydroxylation is 2. The molecule has 0 aliphatic heterocycles. The van der Waals surface area contributed by atoms with Crippen molar-refractivity contribution in [2.24, 2.45) is 12.8 Å². The Kier molecular flexibility index (Phi) is 5.89. The number of ether oxygens (including phenoxy) is 1. The molecule has 0 saturated carbocycles. The Balaban J connectivity index is 0.00000208. The first kappa shape index (κ1) is 18.3. The number of halogens is 1. The molecule has 3 aromatic rings. The molecule has 2 aromatic carbocycles. The van der Waals surface area contributed by atoms with E-state index in [1.54, 1.807) is 0 Å². The maximum atomic E-state index is 9.32. The minimum atomic E-state index is -0.305. The number of nitrogens with zero attached hydrogens (tertiary/aromatic N) is 1. The summed E-state index contributed by atoms with van der Waals surface area (Å²) in [7, 11) is 1.99. The molecule has 1 heterocycles. The van der Waals surface area contributed by atoms with E-state index in [2.05, 4.69) is 12.1 Å². The van der Waals surface area contributed by atoms with Gasteiger partial charge in [-0.15, -0.1) is 12.4 Å². The summed E-state index contributed by atoms with van der Waals surface area (Å²) in [5.41, 5.74) is 9.25. The van der Waals surface area contributed by atoms with Gasteiger partial charge in [-0.25, -0.2) is 0 Å². The van der Waals surface area contributed by atoms with Crippen LogP contribution in [0.15, 0.2) is 48.5 Å². The van der Waals surface area contributed by atoms with Gasteiger partial charge in [0.1, 0.15) is 5.75 Å². The minimum absolute atomic E-state index is 0. The molecule has 0 spiro atoms. The van der Waals surface area contributed by atoms with Gasteiger partial charge in [-0.2, -0.15) is 0 Å². The lowest BCUT2D eigenvalue weighted by atomic mass is 10.1. The van der Waals surface area contributed by atoms with Crippen LogP contribution in [-0.4, -0.2) is 22.3 Å². The molecule has 0 bridgehead atoms. The average molecular weight is 347 g/mol. The Morgan fingerprint density at radius 1 is 1.17 bits per heavy atom. The van der Waals surface area contributed by atoms with Gasteiger partial charge in [-0.1, -0.05) is 30.3 Å². The first-order valence-corrected chi connectivity index (χ1v) is 7.77. The van der Waals surface area contributed by atoms with Crippen molar-refractivity contribution in [2.75, 3.05) is 6.61 Å². The van der Waals surface area contributed by atoms with E-state index in [4.69, 9.17) is 10.5 Å². The third kappa shape index (κ3) is 3.56. The quantitative estimate of drug-likeness (QED) is 0.742. The maximum Gasteiger partial charge on any atom is 0.204 e. The highest BCUT2D eigenvalue weighted by atomic mass is 35.5. The van der Waals surface area contributed by atoms with Gasteiger partial charge >= 0.3 is 0 Å². The highest BCUT2D eigenvalue weighted by Crippen LogP contribution is 2.35. The SMILES string of the molecule is Cc1cccc(Oc2c(CC(N)CO)c3ccccc3n2C)c1.Cl. The van der Waals surface area contributed by atoms with Crippen LogP contribution in [0.4, 0.5) is 0 Å². The van der Waals surface area contributed by atoms with Crippen molar-refractivity contribution in [3.63, 3.8) is 0 Å². The van der Waals surface area contributed by atoms with Crippen LogP contribution in [0.25, 0.3) is 10.9 Å². The number of aromatic nitrogens is 1. The van der Waals surface area contributed by atoms with Crippen molar-refractivity contribution < 1.29 is 9.84 Å². The third-order valence-corrected chi connectivity index (χ3v) is 4.06. The maximum absolute atomic E-state index is 9.32. The molecule has 0 fully saturated rings. The molecule has 0 radical (unpaired) electrons. The lowest BCUT2D eigenvalue weighted by molar-refractivity contribution is 0.264. The van der Waals surface area contributed by atoms with E-state index in [1.165, 1.54) is 0 Å². The van der Waals surface area contributed by atoms with Crippen molar-refractivity contribution >= 4 is 23.3 Å². The second-order valence-electron chi connectivity index (χ2n) is 5.93. The number of nitrogens with two attached hydrogens (primary N) is 1. The largest absolute Gasteiger partial charge is 0.441 e. The smallest absolute Gasteiger partial charge is 0.204 e. The molecule has 1 aromatic heterocycles. The standard InChI is InChI=1S/C19H22N2O2.ClH/c1-13-6-5-7-15(10-13)23-19-17(11-14(20)12-22)16-8-3-4-9-18(16)21(19)2;/h3-10,14,22H,11-12,20H2,1-2H3;1H. The second kappa shape index (κ2) is 7.71. The number of aliphatic hydroxyl groups excluding tert-OH is 1.